The number of nitrogens with one attached hydrogen (secondary N) is 1. The lowest BCUT2D eigenvalue weighted by Crippen LogP contribution is -2.45. The monoisotopic (exact) mass is 324 g/mol. The first-order valence-corrected chi connectivity index (χ1v) is 8.00. The number of anilines is 1. The lowest BCUT2D eigenvalue weighted by molar-refractivity contribution is 0.0925. The molecule has 3 rings (SSSR count). The van der Waals surface area contributed by atoms with Crippen molar-refractivity contribution < 1.29 is 4.79 Å². The van der Waals surface area contributed by atoms with Crippen molar-refractivity contribution in [3.63, 3.8) is 0 Å². The van der Waals surface area contributed by atoms with Crippen molar-refractivity contribution in [3.8, 4) is 6.07 Å². The molecule has 0 unspecified atom stereocenters. The molecule has 1 saturated heterocycles. The summed E-state index contributed by atoms with van der Waals surface area (Å²) < 4.78 is 1.62. The van der Waals surface area contributed by atoms with E-state index in [2.05, 4.69) is 26.4 Å². The molecule has 0 aliphatic carbocycles. The number of amides is 1. The molecule has 1 aliphatic rings. The maximum Gasteiger partial charge on any atom is 0.271 e. The minimum Gasteiger partial charge on any atom is -0.355 e. The lowest BCUT2D eigenvalue weighted by atomic mass is 10.0. The summed E-state index contributed by atoms with van der Waals surface area (Å²) in [7, 11) is 1.79. The molecule has 2 aromatic rings. The van der Waals surface area contributed by atoms with Gasteiger partial charge >= 0.3 is 0 Å². The molecule has 7 heteroatoms. The Morgan fingerprint density at radius 2 is 2.08 bits per heavy atom. The number of rotatable bonds is 3. The maximum atomic E-state index is 12.2. The third kappa shape index (κ3) is 3.38. The second-order valence-corrected chi connectivity index (χ2v) is 6.05. The largest absolute Gasteiger partial charge is 0.355 e. The van der Waals surface area contributed by atoms with E-state index in [4.69, 9.17) is 0 Å². The van der Waals surface area contributed by atoms with Crippen LogP contribution < -0.4 is 10.2 Å². The fourth-order valence-electron chi connectivity index (χ4n) is 2.90. The molecule has 1 N–H and O–H groups in total. The van der Waals surface area contributed by atoms with Crippen molar-refractivity contribution in [3.05, 3.63) is 41.3 Å². The minimum absolute atomic E-state index is 0.117. The summed E-state index contributed by atoms with van der Waals surface area (Å²) in [6.45, 7) is 3.45. The van der Waals surface area contributed by atoms with E-state index >= 15 is 0 Å². The van der Waals surface area contributed by atoms with Crippen molar-refractivity contribution in [1.82, 2.24) is 20.1 Å². The minimum atomic E-state index is -0.138. The normalized spacial score (nSPS) is 15.1. The van der Waals surface area contributed by atoms with Gasteiger partial charge in [-0.3, -0.25) is 9.48 Å². The van der Waals surface area contributed by atoms with E-state index < -0.39 is 0 Å². The Morgan fingerprint density at radius 3 is 2.71 bits per heavy atom. The quantitative estimate of drug-likeness (QED) is 0.922. The van der Waals surface area contributed by atoms with Crippen LogP contribution in [0.25, 0.3) is 0 Å². The van der Waals surface area contributed by atoms with E-state index in [9.17, 15) is 10.1 Å². The van der Waals surface area contributed by atoms with Crippen LogP contribution in [0.3, 0.4) is 0 Å². The number of aryl methyl sites for hydroxylation is 2. The second kappa shape index (κ2) is 6.71. The summed E-state index contributed by atoms with van der Waals surface area (Å²) in [5.74, 6) is 0.604. The number of aromatic nitrogens is 3. The first-order valence-electron chi connectivity index (χ1n) is 8.00. The Morgan fingerprint density at radius 1 is 1.33 bits per heavy atom. The Labute approximate surface area is 140 Å². The molecular formula is C17H20N6O. The van der Waals surface area contributed by atoms with Gasteiger partial charge in [-0.15, -0.1) is 0 Å². The number of nitriles is 1. The number of carbonyl (C=O) groups excluding carboxylic acids is 1. The number of carbonyl (C=O) groups is 1. The molecule has 0 saturated carbocycles. The topological polar surface area (TPSA) is 86.8 Å². The van der Waals surface area contributed by atoms with Crippen LogP contribution in [0.2, 0.25) is 0 Å². The van der Waals surface area contributed by atoms with Gasteiger partial charge in [0.05, 0.1) is 5.56 Å². The molecule has 1 aliphatic heterocycles. The van der Waals surface area contributed by atoms with E-state index in [1.165, 1.54) is 0 Å². The van der Waals surface area contributed by atoms with E-state index in [0.29, 0.717) is 11.3 Å². The second-order valence-electron chi connectivity index (χ2n) is 6.05. The fraction of sp³-hybridized carbons (Fsp3) is 0.412. The van der Waals surface area contributed by atoms with Crippen LogP contribution in [-0.2, 0) is 7.05 Å². The van der Waals surface area contributed by atoms with Gasteiger partial charge in [0, 0.05) is 38.1 Å². The van der Waals surface area contributed by atoms with Crippen LogP contribution in [-0.4, -0.2) is 39.8 Å². The fourth-order valence-corrected chi connectivity index (χ4v) is 2.90. The Kier molecular flexibility index (Phi) is 4.47. The van der Waals surface area contributed by atoms with Gasteiger partial charge < -0.3 is 10.2 Å². The van der Waals surface area contributed by atoms with Crippen molar-refractivity contribution in [2.45, 2.75) is 25.8 Å². The first kappa shape index (κ1) is 16.0. The standard InChI is InChI=1S/C17H20N6O/c1-12-3-4-13(11-18)16(19-12)23-9-5-14(6-10-23)20-17(24)15-7-8-22(2)21-15/h3-4,7-8,14H,5-6,9-10H2,1-2H3,(H,20,24). The molecule has 0 atom stereocenters. The van der Waals surface area contributed by atoms with E-state index in [1.54, 1.807) is 24.0 Å². The molecule has 1 amide bonds. The van der Waals surface area contributed by atoms with E-state index in [1.807, 2.05) is 19.1 Å². The highest BCUT2D eigenvalue weighted by molar-refractivity contribution is 5.92. The zero-order valence-corrected chi connectivity index (χ0v) is 13.9. The van der Waals surface area contributed by atoms with Gasteiger partial charge in [0.25, 0.3) is 5.91 Å². The van der Waals surface area contributed by atoms with Crippen molar-refractivity contribution >= 4 is 11.7 Å². The lowest BCUT2D eigenvalue weighted by Gasteiger charge is -2.33. The summed E-state index contributed by atoms with van der Waals surface area (Å²) >= 11 is 0. The molecule has 0 radical (unpaired) electrons. The SMILES string of the molecule is Cc1ccc(C#N)c(N2CCC(NC(=O)c3ccn(C)n3)CC2)n1. The Hall–Kier alpha value is -2.88. The summed E-state index contributed by atoms with van der Waals surface area (Å²) in [5.41, 5.74) is 1.93. The summed E-state index contributed by atoms with van der Waals surface area (Å²) in [6, 6.07) is 7.69. The average Bonchev–Trinajstić information content (AvgIpc) is 3.02. The third-order valence-corrected chi connectivity index (χ3v) is 4.21. The molecule has 24 heavy (non-hydrogen) atoms. The van der Waals surface area contributed by atoms with Crippen LogP contribution in [0.4, 0.5) is 5.82 Å². The molecule has 1 fully saturated rings. The van der Waals surface area contributed by atoms with Crippen LogP contribution in [0.5, 0.6) is 0 Å². The van der Waals surface area contributed by atoms with Crippen LogP contribution in [0.15, 0.2) is 24.4 Å². The summed E-state index contributed by atoms with van der Waals surface area (Å²) in [4.78, 5) is 18.8. The average molecular weight is 324 g/mol. The smallest absolute Gasteiger partial charge is 0.271 e. The van der Waals surface area contributed by atoms with Crippen molar-refractivity contribution in [1.29, 1.82) is 5.26 Å². The Bertz CT molecular complexity index is 783. The van der Waals surface area contributed by atoms with E-state index in [0.717, 1.165) is 37.4 Å². The first-order chi connectivity index (χ1) is 11.6. The maximum absolute atomic E-state index is 12.2. The van der Waals surface area contributed by atoms with E-state index in [-0.39, 0.29) is 11.9 Å². The molecular weight excluding hydrogens is 304 g/mol. The number of piperidine rings is 1. The number of hydrogen-bond donors (Lipinski definition) is 1. The predicted molar refractivity (Wildman–Crippen MR) is 89.6 cm³/mol. The summed E-state index contributed by atoms with van der Waals surface area (Å²) in [6.07, 6.45) is 3.39. The number of nitrogens with zero attached hydrogens (tertiary/aromatic N) is 5. The van der Waals surface area contributed by atoms with Gasteiger partial charge in [0.15, 0.2) is 0 Å². The van der Waals surface area contributed by atoms with Gasteiger partial charge in [-0.25, -0.2) is 4.98 Å². The predicted octanol–water partition coefficient (Wildman–Crippen LogP) is 1.39. The van der Waals surface area contributed by atoms with Gasteiger partial charge in [-0.2, -0.15) is 10.4 Å². The molecule has 0 aromatic carbocycles. The molecule has 7 nitrogen and oxygen atoms in total. The van der Waals surface area contributed by atoms with Crippen LogP contribution in [0.1, 0.15) is 34.6 Å². The molecule has 3 heterocycles. The van der Waals surface area contributed by atoms with Gasteiger partial charge in [0.1, 0.15) is 17.6 Å². The van der Waals surface area contributed by atoms with Gasteiger partial charge in [-0.05, 0) is 38.0 Å². The molecule has 124 valence electrons. The highest BCUT2D eigenvalue weighted by atomic mass is 16.2. The van der Waals surface area contributed by atoms with Crippen LogP contribution in [0, 0.1) is 18.3 Å². The molecule has 0 bridgehead atoms. The summed E-state index contributed by atoms with van der Waals surface area (Å²) in [5, 5.41) is 16.4. The van der Waals surface area contributed by atoms with Crippen molar-refractivity contribution in [2.24, 2.45) is 7.05 Å². The van der Waals surface area contributed by atoms with Gasteiger partial charge in [0.2, 0.25) is 0 Å². The molecule has 0 spiro atoms. The molecule has 2 aromatic heterocycles. The number of hydrogen-bond acceptors (Lipinski definition) is 5. The zero-order chi connectivity index (χ0) is 17.1. The third-order valence-electron chi connectivity index (χ3n) is 4.21. The zero-order valence-electron chi connectivity index (χ0n) is 13.9. The highest BCUT2D eigenvalue weighted by Gasteiger charge is 2.24. The Balaban J connectivity index is 1.61. The van der Waals surface area contributed by atoms with Crippen molar-refractivity contribution in [2.75, 3.05) is 18.0 Å². The number of pyridine rings is 1. The highest BCUT2D eigenvalue weighted by Crippen LogP contribution is 2.22. The van der Waals surface area contributed by atoms with Gasteiger partial charge in [-0.1, -0.05) is 0 Å². The van der Waals surface area contributed by atoms with Crippen LogP contribution >= 0.6 is 0 Å².